The number of methoxy groups -OCH3 is 1. The first-order valence-corrected chi connectivity index (χ1v) is 10.7. The molecule has 11 nitrogen and oxygen atoms in total. The summed E-state index contributed by atoms with van der Waals surface area (Å²) in [5, 5.41) is 11.5. The molecule has 2 aromatic carbocycles. The molecular formula is C23H21F4N3O8. The van der Waals surface area contributed by atoms with Gasteiger partial charge >= 0.3 is 23.5 Å². The highest BCUT2D eigenvalue weighted by Gasteiger charge is 2.35. The van der Waals surface area contributed by atoms with E-state index in [1.54, 1.807) is 0 Å². The third-order valence-electron chi connectivity index (χ3n) is 4.72. The molecule has 0 spiro atoms. The largest absolute Gasteiger partial charge is 0.478 e. The fourth-order valence-corrected chi connectivity index (χ4v) is 3.02. The number of rotatable bonds is 7. The Morgan fingerprint density at radius 3 is 2.21 bits per heavy atom. The first-order valence-electron chi connectivity index (χ1n) is 10.7. The van der Waals surface area contributed by atoms with Crippen molar-refractivity contribution in [3.63, 3.8) is 0 Å². The molecule has 3 aromatic rings. The van der Waals surface area contributed by atoms with E-state index in [1.807, 2.05) is 13.8 Å². The maximum absolute atomic E-state index is 14.8. The Labute approximate surface area is 211 Å². The first kappa shape index (κ1) is 29.5. The molecule has 0 bridgehead atoms. The molecule has 0 radical (unpaired) electrons. The topological polar surface area (TPSA) is 132 Å². The lowest BCUT2D eigenvalue weighted by molar-refractivity contribution is -0.385. The molecule has 0 aliphatic heterocycles. The number of hydrogen-bond donors (Lipinski definition) is 0. The number of nitro groups is 1. The number of nitro benzene ring substituents is 1. The molecule has 0 saturated heterocycles. The third kappa shape index (κ3) is 6.35. The van der Waals surface area contributed by atoms with Crippen LogP contribution in [0.5, 0.6) is 17.2 Å². The van der Waals surface area contributed by atoms with E-state index in [9.17, 15) is 42.1 Å². The van der Waals surface area contributed by atoms with Crippen LogP contribution in [0.3, 0.4) is 0 Å². The molecule has 0 saturated carbocycles. The van der Waals surface area contributed by atoms with Crippen LogP contribution in [0, 0.1) is 15.9 Å². The second kappa shape index (κ2) is 12.0. The summed E-state index contributed by atoms with van der Waals surface area (Å²) in [6, 6.07) is 6.57. The van der Waals surface area contributed by atoms with Crippen LogP contribution >= 0.6 is 0 Å². The zero-order valence-corrected chi connectivity index (χ0v) is 20.4. The van der Waals surface area contributed by atoms with Gasteiger partial charge in [-0.2, -0.15) is 13.2 Å². The van der Waals surface area contributed by atoms with Crippen LogP contribution in [-0.2, 0) is 22.8 Å². The van der Waals surface area contributed by atoms with E-state index in [1.165, 1.54) is 24.3 Å². The van der Waals surface area contributed by atoms with Gasteiger partial charge in [0.05, 0.1) is 23.8 Å². The van der Waals surface area contributed by atoms with E-state index in [0.717, 1.165) is 14.2 Å². The summed E-state index contributed by atoms with van der Waals surface area (Å²) >= 11 is 0. The number of esters is 1. The van der Waals surface area contributed by atoms with Crippen LogP contribution in [0.15, 0.2) is 52.1 Å². The minimum Gasteiger partial charge on any atom is -0.478 e. The molecule has 0 aliphatic rings. The van der Waals surface area contributed by atoms with E-state index in [0.29, 0.717) is 12.1 Å². The van der Waals surface area contributed by atoms with Crippen LogP contribution < -0.4 is 20.7 Å². The van der Waals surface area contributed by atoms with Crippen molar-refractivity contribution in [2.24, 2.45) is 7.05 Å². The third-order valence-corrected chi connectivity index (χ3v) is 4.72. The molecule has 0 N–H and O–H groups in total. The van der Waals surface area contributed by atoms with E-state index in [-0.39, 0.29) is 26.7 Å². The normalized spacial score (nSPS) is 10.7. The summed E-state index contributed by atoms with van der Waals surface area (Å²) in [5.74, 6) is -3.15. The van der Waals surface area contributed by atoms with Gasteiger partial charge in [-0.05, 0) is 12.1 Å². The van der Waals surface area contributed by atoms with E-state index in [2.05, 4.69) is 4.74 Å². The monoisotopic (exact) mass is 543 g/mol. The Morgan fingerprint density at radius 2 is 1.66 bits per heavy atom. The molecule has 1 heterocycles. The highest BCUT2D eigenvalue weighted by molar-refractivity contribution is 5.71. The molecule has 0 aliphatic carbocycles. The molecule has 0 amide bonds. The van der Waals surface area contributed by atoms with Gasteiger partial charge in [0.25, 0.3) is 5.56 Å². The SMILES string of the molecule is CC.COC(=O)COc1ccccc1Oc1cc(-n2c(=O)cc(C(F)(F)F)n(C)c2=O)c(F)cc1[N+](=O)[O-]. The molecule has 15 heteroatoms. The van der Waals surface area contributed by atoms with Crippen molar-refractivity contribution in [3.05, 3.63) is 84.9 Å². The predicted octanol–water partition coefficient (Wildman–Crippen LogP) is 3.97. The van der Waals surface area contributed by atoms with Crippen molar-refractivity contribution >= 4 is 11.7 Å². The van der Waals surface area contributed by atoms with Crippen LogP contribution in [0.25, 0.3) is 5.69 Å². The quantitative estimate of drug-likeness (QED) is 0.189. The Bertz CT molecular complexity index is 1460. The van der Waals surface area contributed by atoms with Gasteiger partial charge in [0, 0.05) is 19.2 Å². The Hall–Kier alpha value is -4.69. The summed E-state index contributed by atoms with van der Waals surface area (Å²) in [7, 11) is 1.83. The van der Waals surface area contributed by atoms with Crippen LogP contribution in [0.1, 0.15) is 19.5 Å². The van der Waals surface area contributed by atoms with Gasteiger partial charge in [0.15, 0.2) is 23.9 Å². The average molecular weight is 543 g/mol. The Kier molecular flexibility index (Phi) is 9.35. The average Bonchev–Trinajstić information content (AvgIpc) is 2.87. The zero-order chi connectivity index (χ0) is 28.8. The maximum Gasteiger partial charge on any atom is 0.431 e. The van der Waals surface area contributed by atoms with Gasteiger partial charge in [-0.15, -0.1) is 0 Å². The number of para-hydroxylation sites is 2. The minimum atomic E-state index is -5.05. The van der Waals surface area contributed by atoms with Gasteiger partial charge in [-0.25, -0.2) is 18.5 Å². The molecule has 38 heavy (non-hydrogen) atoms. The number of ether oxygens (including phenoxy) is 3. The van der Waals surface area contributed by atoms with Crippen molar-refractivity contribution < 1.29 is 41.5 Å². The maximum atomic E-state index is 14.8. The number of benzene rings is 2. The lowest BCUT2D eigenvalue weighted by Crippen LogP contribution is -2.41. The molecule has 204 valence electrons. The molecule has 3 rings (SSSR count). The summed E-state index contributed by atoms with van der Waals surface area (Å²) in [4.78, 5) is 46.8. The van der Waals surface area contributed by atoms with Crippen molar-refractivity contribution in [2.45, 2.75) is 20.0 Å². The second-order valence-corrected chi connectivity index (χ2v) is 6.98. The summed E-state index contributed by atoms with van der Waals surface area (Å²) < 4.78 is 69.5. The van der Waals surface area contributed by atoms with Gasteiger partial charge in [0.1, 0.15) is 5.69 Å². The number of aromatic nitrogens is 2. The van der Waals surface area contributed by atoms with Crippen molar-refractivity contribution in [1.29, 1.82) is 0 Å². The number of carbonyl (C=O) groups is 1. The smallest absolute Gasteiger partial charge is 0.431 e. The van der Waals surface area contributed by atoms with Crippen LogP contribution in [-0.4, -0.2) is 33.7 Å². The standard InChI is InChI=1S/C21H15F4N3O8.C2H6/c1-26-17(21(23,24)25)9-18(29)27(20(26)31)12-8-16(13(28(32)33)7-11(12)22)36-15-6-4-3-5-14(15)35-10-19(30)34-2;1-2/h3-9H,10H2,1-2H3;1-2H3. The highest BCUT2D eigenvalue weighted by atomic mass is 19.4. The number of alkyl halides is 3. The van der Waals surface area contributed by atoms with Gasteiger partial charge in [-0.3, -0.25) is 19.5 Å². The molecule has 1 aromatic heterocycles. The second-order valence-electron chi connectivity index (χ2n) is 6.98. The lowest BCUT2D eigenvalue weighted by Gasteiger charge is -2.16. The van der Waals surface area contributed by atoms with E-state index in [4.69, 9.17) is 9.47 Å². The van der Waals surface area contributed by atoms with E-state index < -0.39 is 63.6 Å². The summed E-state index contributed by atoms with van der Waals surface area (Å²) in [5.41, 5.74) is -6.51. The fraction of sp³-hybridized carbons (Fsp3) is 0.261. The molecule has 0 unspecified atom stereocenters. The fourth-order valence-electron chi connectivity index (χ4n) is 3.02. The van der Waals surface area contributed by atoms with Crippen molar-refractivity contribution in [1.82, 2.24) is 9.13 Å². The van der Waals surface area contributed by atoms with Gasteiger partial charge in [-0.1, -0.05) is 26.0 Å². The van der Waals surface area contributed by atoms with Crippen molar-refractivity contribution in [3.8, 4) is 22.9 Å². The first-order chi connectivity index (χ1) is 17.8. The van der Waals surface area contributed by atoms with Crippen LogP contribution in [0.4, 0.5) is 23.2 Å². The summed E-state index contributed by atoms with van der Waals surface area (Å²) in [6.45, 7) is 3.45. The molecule has 0 atom stereocenters. The summed E-state index contributed by atoms with van der Waals surface area (Å²) in [6.07, 6.45) is -5.05. The lowest BCUT2D eigenvalue weighted by atomic mass is 10.2. The van der Waals surface area contributed by atoms with E-state index >= 15 is 0 Å². The van der Waals surface area contributed by atoms with Gasteiger partial charge in [0.2, 0.25) is 5.75 Å². The van der Waals surface area contributed by atoms with Gasteiger partial charge < -0.3 is 14.2 Å². The molecular weight excluding hydrogens is 522 g/mol. The number of carbonyl (C=O) groups excluding carboxylic acids is 1. The Morgan fingerprint density at radius 1 is 1.05 bits per heavy atom. The van der Waals surface area contributed by atoms with Crippen molar-refractivity contribution in [2.75, 3.05) is 13.7 Å². The number of nitrogens with zero attached hydrogens (tertiary/aromatic N) is 3. The minimum absolute atomic E-state index is 0.0703. The zero-order valence-electron chi connectivity index (χ0n) is 20.4. The molecule has 0 fully saturated rings. The number of halogens is 4. The Balaban J connectivity index is 0.00000247. The highest BCUT2D eigenvalue weighted by Crippen LogP contribution is 2.38. The number of hydrogen-bond acceptors (Lipinski definition) is 8. The predicted molar refractivity (Wildman–Crippen MR) is 124 cm³/mol. The van der Waals surface area contributed by atoms with Crippen LogP contribution in [0.2, 0.25) is 0 Å².